The summed E-state index contributed by atoms with van der Waals surface area (Å²) in [7, 11) is 0. The van der Waals surface area contributed by atoms with Crippen molar-refractivity contribution in [2.75, 3.05) is 11.9 Å². The van der Waals surface area contributed by atoms with E-state index in [9.17, 15) is 9.59 Å². The summed E-state index contributed by atoms with van der Waals surface area (Å²) in [6.07, 6.45) is 0.504. The van der Waals surface area contributed by atoms with Crippen molar-refractivity contribution >= 4 is 17.4 Å². The van der Waals surface area contributed by atoms with E-state index in [2.05, 4.69) is 10.6 Å². The molecule has 0 aromatic heterocycles. The number of anilines is 1. The predicted molar refractivity (Wildman–Crippen MR) is 72.8 cm³/mol. The first-order valence-electron chi connectivity index (χ1n) is 6.19. The second kappa shape index (κ2) is 6.79. The van der Waals surface area contributed by atoms with Crippen molar-refractivity contribution in [3.8, 4) is 0 Å². The van der Waals surface area contributed by atoms with Crippen LogP contribution in [0, 0.1) is 0 Å². The lowest BCUT2D eigenvalue weighted by Gasteiger charge is -2.10. The number of hydrogen-bond acceptors (Lipinski definition) is 3. The fraction of sp³-hybridized carbons (Fsp3) is 0.429. The lowest BCUT2D eigenvalue weighted by molar-refractivity contribution is -0.119. The van der Waals surface area contributed by atoms with Crippen LogP contribution in [0.5, 0.6) is 0 Å². The number of benzene rings is 1. The SMILES string of the molecule is CCC(=O)c1ccc(NCC(=O)NC(C)C)cc1. The van der Waals surface area contributed by atoms with Gasteiger partial charge in [-0.05, 0) is 38.1 Å². The lowest BCUT2D eigenvalue weighted by atomic mass is 10.1. The number of rotatable bonds is 6. The minimum atomic E-state index is -0.0429. The van der Waals surface area contributed by atoms with Gasteiger partial charge in [0.2, 0.25) is 5.91 Å². The van der Waals surface area contributed by atoms with E-state index < -0.39 is 0 Å². The molecule has 0 aliphatic heterocycles. The van der Waals surface area contributed by atoms with Gasteiger partial charge in [0.05, 0.1) is 6.54 Å². The fourth-order valence-electron chi connectivity index (χ4n) is 1.53. The van der Waals surface area contributed by atoms with Gasteiger partial charge in [-0.25, -0.2) is 0 Å². The van der Waals surface area contributed by atoms with Crippen molar-refractivity contribution in [2.24, 2.45) is 0 Å². The Morgan fingerprint density at radius 1 is 1.17 bits per heavy atom. The molecule has 2 N–H and O–H groups in total. The topological polar surface area (TPSA) is 58.2 Å². The Kier molecular flexibility index (Phi) is 5.36. The third-order valence-electron chi connectivity index (χ3n) is 2.43. The summed E-state index contributed by atoms with van der Waals surface area (Å²) in [5, 5.41) is 5.81. The molecule has 1 aromatic rings. The zero-order valence-electron chi connectivity index (χ0n) is 11.1. The molecule has 4 heteroatoms. The quantitative estimate of drug-likeness (QED) is 0.759. The standard InChI is InChI=1S/C14H20N2O2/c1-4-13(17)11-5-7-12(8-6-11)15-9-14(18)16-10(2)3/h5-8,10,15H,4,9H2,1-3H3,(H,16,18). The van der Waals surface area contributed by atoms with E-state index in [-0.39, 0.29) is 24.3 Å². The molecule has 1 amide bonds. The van der Waals surface area contributed by atoms with Gasteiger partial charge in [0.1, 0.15) is 0 Å². The molecule has 0 bridgehead atoms. The second-order valence-corrected chi connectivity index (χ2v) is 4.43. The number of carbonyl (C=O) groups is 2. The largest absolute Gasteiger partial charge is 0.376 e. The average molecular weight is 248 g/mol. The number of hydrogen-bond donors (Lipinski definition) is 2. The summed E-state index contributed by atoms with van der Waals surface area (Å²) < 4.78 is 0. The maximum absolute atomic E-state index is 11.4. The number of carbonyl (C=O) groups excluding carboxylic acids is 2. The Balaban J connectivity index is 2.49. The Morgan fingerprint density at radius 3 is 2.28 bits per heavy atom. The van der Waals surface area contributed by atoms with Crippen LogP contribution in [-0.2, 0) is 4.79 Å². The van der Waals surface area contributed by atoms with Gasteiger partial charge >= 0.3 is 0 Å². The molecule has 0 aliphatic carbocycles. The summed E-state index contributed by atoms with van der Waals surface area (Å²) >= 11 is 0. The summed E-state index contributed by atoms with van der Waals surface area (Å²) in [5.41, 5.74) is 1.54. The molecule has 1 rings (SSSR count). The van der Waals surface area contributed by atoms with Gasteiger partial charge in [0.25, 0.3) is 0 Å². The number of amides is 1. The van der Waals surface area contributed by atoms with Crippen LogP contribution < -0.4 is 10.6 Å². The molecule has 0 fully saturated rings. The third kappa shape index (κ3) is 4.57. The molecule has 1 aromatic carbocycles. The Hall–Kier alpha value is -1.84. The number of nitrogens with one attached hydrogen (secondary N) is 2. The lowest BCUT2D eigenvalue weighted by Crippen LogP contribution is -2.34. The first kappa shape index (κ1) is 14.2. The average Bonchev–Trinajstić information content (AvgIpc) is 2.35. The summed E-state index contributed by atoms with van der Waals surface area (Å²) in [6, 6.07) is 7.31. The van der Waals surface area contributed by atoms with Gasteiger partial charge in [-0.15, -0.1) is 0 Å². The van der Waals surface area contributed by atoms with Crippen LogP contribution in [0.4, 0.5) is 5.69 Å². The van der Waals surface area contributed by atoms with Gasteiger partial charge in [0.15, 0.2) is 5.78 Å². The molecule has 0 aliphatic rings. The first-order valence-corrected chi connectivity index (χ1v) is 6.19. The van der Waals surface area contributed by atoms with Crippen LogP contribution in [-0.4, -0.2) is 24.3 Å². The highest BCUT2D eigenvalue weighted by atomic mass is 16.2. The highest BCUT2D eigenvalue weighted by Gasteiger charge is 2.04. The minimum Gasteiger partial charge on any atom is -0.376 e. The van der Waals surface area contributed by atoms with Crippen LogP contribution in [0.15, 0.2) is 24.3 Å². The smallest absolute Gasteiger partial charge is 0.239 e. The van der Waals surface area contributed by atoms with Crippen LogP contribution >= 0.6 is 0 Å². The molecule has 18 heavy (non-hydrogen) atoms. The second-order valence-electron chi connectivity index (χ2n) is 4.43. The van der Waals surface area contributed by atoms with E-state index >= 15 is 0 Å². The highest BCUT2D eigenvalue weighted by Crippen LogP contribution is 2.10. The Labute approximate surface area is 108 Å². The van der Waals surface area contributed by atoms with Gasteiger partial charge in [0, 0.05) is 23.7 Å². The fourth-order valence-corrected chi connectivity index (χ4v) is 1.53. The normalized spacial score (nSPS) is 10.2. The number of ketones is 1. The Bertz CT molecular complexity index is 410. The van der Waals surface area contributed by atoms with E-state index in [0.717, 1.165) is 5.69 Å². The van der Waals surface area contributed by atoms with Gasteiger partial charge < -0.3 is 10.6 Å². The van der Waals surface area contributed by atoms with Crippen molar-refractivity contribution in [2.45, 2.75) is 33.2 Å². The zero-order chi connectivity index (χ0) is 13.5. The third-order valence-corrected chi connectivity index (χ3v) is 2.43. The molecule has 4 nitrogen and oxygen atoms in total. The van der Waals surface area contributed by atoms with Crippen LogP contribution in [0.1, 0.15) is 37.6 Å². The molecule has 0 radical (unpaired) electrons. The van der Waals surface area contributed by atoms with Crippen LogP contribution in [0.25, 0.3) is 0 Å². The van der Waals surface area contributed by atoms with E-state index in [1.165, 1.54) is 0 Å². The maximum atomic E-state index is 11.4. The van der Waals surface area contributed by atoms with Gasteiger partial charge in [-0.1, -0.05) is 6.92 Å². The monoisotopic (exact) mass is 248 g/mol. The zero-order valence-corrected chi connectivity index (χ0v) is 11.1. The minimum absolute atomic E-state index is 0.0429. The van der Waals surface area contributed by atoms with Gasteiger partial charge in [-0.3, -0.25) is 9.59 Å². The van der Waals surface area contributed by atoms with E-state index in [0.29, 0.717) is 12.0 Å². The maximum Gasteiger partial charge on any atom is 0.239 e. The molecule has 0 heterocycles. The molecule has 0 spiro atoms. The Morgan fingerprint density at radius 2 is 1.78 bits per heavy atom. The molecule has 98 valence electrons. The van der Waals surface area contributed by atoms with E-state index in [1.807, 2.05) is 32.9 Å². The molecular formula is C14H20N2O2. The van der Waals surface area contributed by atoms with E-state index in [4.69, 9.17) is 0 Å². The molecular weight excluding hydrogens is 228 g/mol. The van der Waals surface area contributed by atoms with Crippen molar-refractivity contribution < 1.29 is 9.59 Å². The first-order chi connectivity index (χ1) is 8.52. The molecule has 0 saturated carbocycles. The van der Waals surface area contributed by atoms with E-state index in [1.54, 1.807) is 12.1 Å². The van der Waals surface area contributed by atoms with Gasteiger partial charge in [-0.2, -0.15) is 0 Å². The van der Waals surface area contributed by atoms with Crippen molar-refractivity contribution in [3.05, 3.63) is 29.8 Å². The number of Topliss-reactive ketones (excluding diaryl/α,β-unsaturated/α-hetero) is 1. The highest BCUT2D eigenvalue weighted by molar-refractivity contribution is 5.96. The summed E-state index contributed by atoms with van der Waals surface area (Å²) in [4.78, 5) is 22.8. The van der Waals surface area contributed by atoms with Crippen LogP contribution in [0.2, 0.25) is 0 Å². The summed E-state index contributed by atoms with van der Waals surface area (Å²) in [5.74, 6) is 0.0813. The van der Waals surface area contributed by atoms with Crippen molar-refractivity contribution in [1.82, 2.24) is 5.32 Å². The molecule has 0 atom stereocenters. The van der Waals surface area contributed by atoms with Crippen molar-refractivity contribution in [3.63, 3.8) is 0 Å². The van der Waals surface area contributed by atoms with Crippen LogP contribution in [0.3, 0.4) is 0 Å². The van der Waals surface area contributed by atoms with Crippen molar-refractivity contribution in [1.29, 1.82) is 0 Å². The molecule has 0 saturated heterocycles. The predicted octanol–water partition coefficient (Wildman–Crippen LogP) is 2.22. The molecule has 0 unspecified atom stereocenters. The summed E-state index contributed by atoms with van der Waals surface area (Å²) in [6.45, 7) is 5.91.